The molecule has 716 valence electrons. The van der Waals surface area contributed by atoms with Gasteiger partial charge in [0.05, 0.1) is 125 Å². The number of aromatic nitrogens is 20. The van der Waals surface area contributed by atoms with Gasteiger partial charge >= 0.3 is 0 Å². The minimum atomic E-state index is -0.568. The van der Waals surface area contributed by atoms with E-state index in [-0.39, 0.29) is 88.2 Å². The number of nitrogens with two attached hydrogens (primary N) is 1. The summed E-state index contributed by atoms with van der Waals surface area (Å²) in [6, 6.07) is 41.7. The lowest BCUT2D eigenvalue weighted by Crippen LogP contribution is -2.26. The molecule has 0 saturated heterocycles. The van der Waals surface area contributed by atoms with Crippen LogP contribution >= 0.6 is 69.6 Å². The van der Waals surface area contributed by atoms with Crippen molar-refractivity contribution < 1.29 is 9.18 Å². The number of amides is 1. The second kappa shape index (κ2) is 38.1. The molecule has 5 aliphatic carbocycles. The highest BCUT2D eigenvalue weighted by molar-refractivity contribution is 6.38. The molecule has 0 aliphatic heterocycles. The van der Waals surface area contributed by atoms with Gasteiger partial charge in [-0.1, -0.05) is 130 Å². The summed E-state index contributed by atoms with van der Waals surface area (Å²) in [6.07, 6.45) is 25.0. The van der Waals surface area contributed by atoms with Crippen molar-refractivity contribution in [2.45, 2.75) is 159 Å². The summed E-state index contributed by atoms with van der Waals surface area (Å²) in [5, 5.41) is 39.2. The predicted molar refractivity (Wildman–Crippen MR) is 555 cm³/mol. The second-order valence-electron chi connectivity index (χ2n) is 36.1. The molecule has 12 N–H and O–H groups in total. The maximum Gasteiger partial charge on any atom is 0.260 e. The number of primary amides is 1. The van der Waals surface area contributed by atoms with Crippen LogP contribution in [0.5, 0.6) is 0 Å². The third kappa shape index (κ3) is 17.8. The molecule has 5 fully saturated rings. The lowest BCUT2D eigenvalue weighted by Gasteiger charge is -2.21. The van der Waals surface area contributed by atoms with Gasteiger partial charge in [0.2, 0.25) is 0 Å². The van der Waals surface area contributed by atoms with E-state index in [4.69, 9.17) is 75.3 Å². The fraction of sp³-hybridized carbons (Fsp3) is 0.245. The molecular formula is C102H88Cl6FN27O6. The zero-order valence-corrected chi connectivity index (χ0v) is 81.1. The first-order chi connectivity index (χ1) is 68.7. The minimum Gasteiger partial charge on any atom is -0.366 e. The smallest absolute Gasteiger partial charge is 0.260 e. The molecule has 25 rings (SSSR count). The summed E-state index contributed by atoms with van der Waals surface area (Å²) in [5.74, 6) is 1.80. The van der Waals surface area contributed by atoms with E-state index in [1.807, 2.05) is 155 Å². The van der Waals surface area contributed by atoms with Crippen molar-refractivity contribution in [3.8, 4) is 6.07 Å². The van der Waals surface area contributed by atoms with E-state index in [1.54, 1.807) is 42.7 Å². The Morgan fingerprint density at radius 3 is 0.979 bits per heavy atom. The van der Waals surface area contributed by atoms with Crippen LogP contribution in [0.1, 0.15) is 204 Å². The van der Waals surface area contributed by atoms with Gasteiger partial charge in [0, 0.05) is 89.7 Å². The standard InChI is InChI=1S/C21H19ClN6O2.C21H17ClN6O.C20H17Cl2N5O.C20H17ClFN5O.C20H18ClN5O/c1-10(27-20-17-13(18(23)29)8-24-19(17)25-9-26-20)15-7-11-3-2-4-14(22)16(11)21(30)28(15)12-5-6-12;1-11(27-20-18-13(8-23)9-24-19(18)25-10-26-20)16-7-12-3-2-4-15(22)17(12)21(29)28(16)14-5-6-14;2*1-10(26-19-17-14(22)8-23-18(17)24-9-25-19)15-7-11-3-2-4-13(21)16(11)20(28)27(15)12-5-6-12;1-11(25-19-14-7-8-22-18(14)23-10-24-19)16-9-12-3-2-4-15(21)17(12)20(27)26(16)13-5-6-13/h2-4,7-10,12H,5-6H2,1H3,(H2,23,29)(H2,24,25,26,27);2-4,7,9-11,14H,5-6H2,1H3,(H2,24,25,26,27);2*2-4,7-10,12H,5-6H2,1H3,(H2,23,24,25,26);2-4,7-11,13H,5-6H2,1H3,(H2,22,23,24,25)/t10-;11-;2*10-;11-/m00000/s1. The number of fused-ring (bicyclic) bond motifs is 10. The van der Waals surface area contributed by atoms with E-state index in [2.05, 4.69) is 113 Å². The van der Waals surface area contributed by atoms with E-state index in [1.165, 1.54) is 44.0 Å². The molecule has 0 bridgehead atoms. The van der Waals surface area contributed by atoms with E-state index >= 15 is 0 Å². The monoisotopic (exact) mass is 2020 g/mol. The predicted octanol–water partition coefficient (Wildman–Crippen LogP) is 21.9. The van der Waals surface area contributed by atoms with Crippen molar-refractivity contribution in [2.24, 2.45) is 5.73 Å². The molecule has 15 heterocycles. The van der Waals surface area contributed by atoms with Crippen molar-refractivity contribution in [1.29, 1.82) is 5.26 Å². The Morgan fingerprint density at radius 1 is 0.352 bits per heavy atom. The Hall–Kier alpha value is -15.1. The van der Waals surface area contributed by atoms with Gasteiger partial charge in [-0.05, 0) is 192 Å². The van der Waals surface area contributed by atoms with Crippen LogP contribution in [0.25, 0.3) is 109 Å². The Bertz CT molecular complexity index is 8670. The van der Waals surface area contributed by atoms with E-state index < -0.39 is 11.7 Å². The summed E-state index contributed by atoms with van der Waals surface area (Å²) in [5.41, 5.74) is 13.3. The Morgan fingerprint density at radius 2 is 0.634 bits per heavy atom. The van der Waals surface area contributed by atoms with E-state index in [9.17, 15) is 38.4 Å². The lowest BCUT2D eigenvalue weighted by atomic mass is 10.1. The molecule has 0 spiro atoms. The fourth-order valence-corrected chi connectivity index (χ4v) is 20.4. The van der Waals surface area contributed by atoms with Gasteiger partial charge in [-0.2, -0.15) is 5.26 Å². The first-order valence-corrected chi connectivity index (χ1v) is 48.6. The van der Waals surface area contributed by atoms with Gasteiger partial charge in [-0.3, -0.25) is 28.8 Å². The van der Waals surface area contributed by atoms with Gasteiger partial charge in [0.25, 0.3) is 33.7 Å². The molecule has 20 aromatic rings. The number of hydrogen-bond donors (Lipinski definition) is 11. The van der Waals surface area contributed by atoms with Gasteiger partial charge in [-0.15, -0.1) is 0 Å². The minimum absolute atomic E-state index is 0.0151. The highest BCUT2D eigenvalue weighted by atomic mass is 35.5. The maximum absolute atomic E-state index is 14.2. The average molecular weight is 2020 g/mol. The van der Waals surface area contributed by atoms with E-state index in [0.29, 0.717) is 130 Å². The normalized spacial score (nSPS) is 15.1. The summed E-state index contributed by atoms with van der Waals surface area (Å²) >= 11 is 37.9. The lowest BCUT2D eigenvalue weighted by molar-refractivity contribution is 0.100. The van der Waals surface area contributed by atoms with Crippen LogP contribution in [-0.2, 0) is 0 Å². The summed E-state index contributed by atoms with van der Waals surface area (Å²) in [4.78, 5) is 135. The number of nitrogens with one attached hydrogen (secondary N) is 10. The van der Waals surface area contributed by atoms with E-state index in [0.717, 1.165) is 142 Å². The van der Waals surface area contributed by atoms with Crippen LogP contribution in [0, 0.1) is 17.1 Å². The molecule has 1 amide bonds. The highest BCUT2D eigenvalue weighted by Crippen LogP contribution is 2.45. The van der Waals surface area contributed by atoms with Crippen molar-refractivity contribution in [3.63, 3.8) is 0 Å². The number of halogens is 7. The summed E-state index contributed by atoms with van der Waals surface area (Å²) in [7, 11) is 0. The molecule has 40 heteroatoms. The number of rotatable bonds is 21. The van der Waals surface area contributed by atoms with Crippen molar-refractivity contribution in [3.05, 3.63) is 317 Å². The van der Waals surface area contributed by atoms with Crippen LogP contribution in [0.15, 0.2) is 214 Å². The highest BCUT2D eigenvalue weighted by Gasteiger charge is 2.37. The van der Waals surface area contributed by atoms with Crippen LogP contribution < -0.4 is 60.1 Å². The largest absolute Gasteiger partial charge is 0.366 e. The fourth-order valence-electron chi connectivity index (χ4n) is 18.9. The van der Waals surface area contributed by atoms with Gasteiger partial charge in [-0.25, -0.2) is 54.2 Å². The number of aromatic amines is 5. The Balaban J connectivity index is 0.000000105. The van der Waals surface area contributed by atoms with Crippen molar-refractivity contribution in [2.75, 3.05) is 26.6 Å². The molecule has 0 radical (unpaired) electrons. The third-order valence-corrected chi connectivity index (χ3v) is 28.2. The third-order valence-electron chi connectivity index (χ3n) is 26.4. The van der Waals surface area contributed by atoms with Gasteiger partial charge < -0.3 is 80.1 Å². The topological polar surface area (TPSA) is 445 Å². The number of carbonyl (C=O) groups is 1. The van der Waals surface area contributed by atoms with Crippen LogP contribution in [0.3, 0.4) is 0 Å². The molecule has 142 heavy (non-hydrogen) atoms. The Labute approximate surface area is 834 Å². The second-order valence-corrected chi connectivity index (χ2v) is 38.6. The van der Waals surface area contributed by atoms with Gasteiger partial charge in [0.15, 0.2) is 5.82 Å². The van der Waals surface area contributed by atoms with Crippen LogP contribution in [0.2, 0.25) is 30.1 Å². The molecule has 0 unspecified atom stereocenters. The molecule has 5 atom stereocenters. The number of H-pyrrole nitrogens is 5. The summed E-state index contributed by atoms with van der Waals surface area (Å²) < 4.78 is 23.5. The zero-order valence-electron chi connectivity index (χ0n) is 76.6. The van der Waals surface area contributed by atoms with Crippen LogP contribution in [-0.4, -0.2) is 104 Å². The number of hydrogen-bond acceptors (Lipinski definition) is 22. The molecule has 33 nitrogen and oxygen atoms in total. The molecular weight excluding hydrogens is 1930 g/mol. The first kappa shape index (κ1) is 93.2. The number of anilines is 5. The number of nitriles is 1. The number of carbonyl (C=O) groups excluding carboxylic acids is 1. The quantitative estimate of drug-likeness (QED) is 0.0318. The molecule has 5 saturated carbocycles. The SMILES string of the molecule is C[C@H](Nc1ncnc2[nH]cc(C#N)c12)c1cc2cccc(Cl)c2c(=O)n1C1CC1.C[C@H](Nc1ncnc2[nH]cc(C(N)=O)c12)c1cc2cccc(Cl)c2c(=O)n1C1CC1.C[C@H](Nc1ncnc2[nH]cc(Cl)c12)c1cc2cccc(Cl)c2c(=O)n1C1CC1.C[C@H](Nc1ncnc2[nH]cc(F)c12)c1cc2cccc(Cl)c2c(=O)n1C1CC1.C[C@H](Nc1ncnc2[nH]ccc12)c1cc2cccc(Cl)c2c(=O)n1C1CC1. The van der Waals surface area contributed by atoms with Gasteiger partial charge in [0.1, 0.15) is 95.0 Å². The zero-order chi connectivity index (χ0) is 98.5. The Kier molecular flexibility index (Phi) is 25.0. The molecule has 5 aromatic carbocycles. The summed E-state index contributed by atoms with van der Waals surface area (Å²) in [6.45, 7) is 9.93. The number of pyridine rings is 5. The molecule has 5 aliphatic rings. The maximum atomic E-state index is 14.2. The number of nitrogens with zero attached hydrogens (tertiary/aromatic N) is 16. The number of benzene rings is 5. The average Bonchev–Trinajstić information content (AvgIpc) is 1.58. The van der Waals surface area contributed by atoms with Crippen LogP contribution in [0.4, 0.5) is 33.5 Å². The first-order valence-electron chi connectivity index (χ1n) is 46.3. The molecule has 15 aromatic heterocycles. The van der Waals surface area contributed by atoms with Crippen molar-refractivity contribution >= 4 is 214 Å². The van der Waals surface area contributed by atoms with Crippen molar-refractivity contribution in [1.82, 2.24) is 97.6 Å².